The number of nitrogens with zero attached hydrogens (tertiary/aromatic N) is 2. The van der Waals surface area contributed by atoms with Crippen LogP contribution in [0.25, 0.3) is 0 Å². The third kappa shape index (κ3) is 3.89. The average Bonchev–Trinajstić information content (AvgIpc) is 3.23. The molecule has 4 amide bonds. The molecule has 2 fully saturated rings. The number of carbonyl (C=O) groups is 3. The number of anilines is 1. The van der Waals surface area contributed by atoms with Crippen molar-refractivity contribution in [1.29, 1.82) is 0 Å². The molecule has 8 heteroatoms. The minimum atomic E-state index is -0.848. The van der Waals surface area contributed by atoms with Crippen LogP contribution in [0.5, 0.6) is 0 Å². The van der Waals surface area contributed by atoms with E-state index in [2.05, 4.69) is 15.6 Å². The van der Waals surface area contributed by atoms with Gasteiger partial charge in [0.05, 0.1) is 0 Å². The van der Waals surface area contributed by atoms with Crippen molar-refractivity contribution in [2.45, 2.75) is 44.6 Å². The van der Waals surface area contributed by atoms with Crippen LogP contribution < -0.4 is 10.6 Å². The van der Waals surface area contributed by atoms with Crippen LogP contribution in [0.2, 0.25) is 0 Å². The monoisotopic (exact) mass is 412 g/mol. The van der Waals surface area contributed by atoms with Gasteiger partial charge in [-0.3, -0.25) is 14.5 Å². The lowest BCUT2D eigenvalue weighted by Gasteiger charge is -2.36. The summed E-state index contributed by atoms with van der Waals surface area (Å²) in [4.78, 5) is 44.1. The highest BCUT2D eigenvalue weighted by molar-refractivity contribution is 7.15. The zero-order chi connectivity index (χ0) is 20.4. The number of nitrogens with one attached hydrogen (secondary N) is 2. The van der Waals surface area contributed by atoms with Crippen molar-refractivity contribution in [2.24, 2.45) is 5.92 Å². The second kappa shape index (κ2) is 7.94. The molecule has 1 aromatic carbocycles. The Hall–Kier alpha value is -2.74. The van der Waals surface area contributed by atoms with Crippen molar-refractivity contribution in [1.82, 2.24) is 15.2 Å². The first-order valence-electron chi connectivity index (χ1n) is 9.90. The number of benzene rings is 1. The number of thiazole rings is 1. The largest absolute Gasteiger partial charge is 0.325 e. The first-order chi connectivity index (χ1) is 14.0. The van der Waals surface area contributed by atoms with Gasteiger partial charge in [0.2, 0.25) is 5.91 Å². The molecule has 4 rings (SSSR count). The fourth-order valence-electron chi connectivity index (χ4n) is 4.19. The van der Waals surface area contributed by atoms with Crippen LogP contribution >= 0.6 is 11.3 Å². The van der Waals surface area contributed by atoms with Crippen molar-refractivity contribution in [3.05, 3.63) is 47.0 Å². The topological polar surface area (TPSA) is 91.4 Å². The van der Waals surface area contributed by atoms with Gasteiger partial charge in [0.25, 0.3) is 5.91 Å². The smallest absolute Gasteiger partial charge is 0.323 e. The Bertz CT molecular complexity index is 929. The Morgan fingerprint density at radius 3 is 2.86 bits per heavy atom. The molecule has 1 saturated carbocycles. The molecule has 0 radical (unpaired) electrons. The summed E-state index contributed by atoms with van der Waals surface area (Å²) >= 11 is 1.39. The van der Waals surface area contributed by atoms with Gasteiger partial charge in [-0.05, 0) is 24.3 Å². The number of urea groups is 1. The number of hydrogen-bond acceptors (Lipinski definition) is 5. The highest BCUT2D eigenvalue weighted by Gasteiger charge is 2.55. The maximum atomic E-state index is 12.9. The Morgan fingerprint density at radius 2 is 2.10 bits per heavy atom. The number of imide groups is 1. The van der Waals surface area contributed by atoms with Gasteiger partial charge in [-0.1, -0.05) is 50.1 Å². The van der Waals surface area contributed by atoms with E-state index >= 15 is 0 Å². The summed E-state index contributed by atoms with van der Waals surface area (Å²) in [6, 6.07) is 9.53. The van der Waals surface area contributed by atoms with Gasteiger partial charge in [0, 0.05) is 17.5 Å². The van der Waals surface area contributed by atoms with Crippen LogP contribution in [0.3, 0.4) is 0 Å². The number of aromatic nitrogens is 1. The number of carbonyl (C=O) groups excluding carboxylic acids is 3. The zero-order valence-electron chi connectivity index (χ0n) is 16.3. The minimum absolute atomic E-state index is 0.0697. The molecule has 0 bridgehead atoms. The molecule has 1 aromatic heterocycles. The average molecular weight is 413 g/mol. The zero-order valence-corrected chi connectivity index (χ0v) is 17.1. The fourth-order valence-corrected chi connectivity index (χ4v) is 5.05. The lowest BCUT2D eigenvalue weighted by atomic mass is 9.73. The maximum absolute atomic E-state index is 12.9. The molecule has 1 saturated heterocycles. The van der Waals surface area contributed by atoms with Crippen LogP contribution in [0.1, 0.15) is 43.0 Å². The fraction of sp³-hybridized carbons (Fsp3) is 0.429. The van der Waals surface area contributed by atoms with E-state index in [0.29, 0.717) is 11.6 Å². The minimum Gasteiger partial charge on any atom is -0.323 e. The summed E-state index contributed by atoms with van der Waals surface area (Å²) in [5.41, 5.74) is 0.319. The van der Waals surface area contributed by atoms with Crippen LogP contribution in [0.15, 0.2) is 36.5 Å². The molecule has 1 aliphatic heterocycles. The first-order valence-corrected chi connectivity index (χ1v) is 10.7. The molecular formula is C21H24N4O3S. The van der Waals surface area contributed by atoms with E-state index in [1.807, 2.05) is 37.3 Å². The lowest BCUT2D eigenvalue weighted by molar-refractivity contribution is -0.136. The van der Waals surface area contributed by atoms with Gasteiger partial charge < -0.3 is 10.6 Å². The Labute approximate surface area is 173 Å². The lowest BCUT2D eigenvalue weighted by Crippen LogP contribution is -2.54. The molecule has 7 nitrogen and oxygen atoms in total. The molecule has 2 aromatic rings. The van der Waals surface area contributed by atoms with Gasteiger partial charge in [0.1, 0.15) is 12.1 Å². The number of amides is 4. The predicted molar refractivity (Wildman–Crippen MR) is 111 cm³/mol. The molecule has 29 heavy (non-hydrogen) atoms. The third-order valence-electron chi connectivity index (χ3n) is 5.82. The molecule has 2 heterocycles. The van der Waals surface area contributed by atoms with Crippen LogP contribution in [-0.2, 0) is 16.0 Å². The van der Waals surface area contributed by atoms with E-state index in [1.165, 1.54) is 16.9 Å². The molecule has 2 atom stereocenters. The van der Waals surface area contributed by atoms with E-state index in [9.17, 15) is 14.4 Å². The summed E-state index contributed by atoms with van der Waals surface area (Å²) in [6.07, 6.45) is 5.96. The summed E-state index contributed by atoms with van der Waals surface area (Å²) < 4.78 is 0. The highest BCUT2D eigenvalue weighted by atomic mass is 32.1. The maximum Gasteiger partial charge on any atom is 0.325 e. The molecule has 0 unspecified atom stereocenters. The summed E-state index contributed by atoms with van der Waals surface area (Å²) in [7, 11) is 0. The molecular weight excluding hydrogens is 388 g/mol. The third-order valence-corrected chi connectivity index (χ3v) is 6.74. The molecule has 1 spiro atoms. The van der Waals surface area contributed by atoms with Gasteiger partial charge in [-0.2, -0.15) is 0 Å². The highest BCUT2D eigenvalue weighted by Crippen LogP contribution is 2.38. The van der Waals surface area contributed by atoms with Gasteiger partial charge in [-0.15, -0.1) is 11.3 Å². The molecule has 152 valence electrons. The normalized spacial score (nSPS) is 24.0. The van der Waals surface area contributed by atoms with Gasteiger partial charge in [0.15, 0.2) is 5.13 Å². The van der Waals surface area contributed by atoms with Crippen LogP contribution in [0, 0.1) is 5.92 Å². The Morgan fingerprint density at radius 1 is 1.31 bits per heavy atom. The Balaban J connectivity index is 1.37. The van der Waals surface area contributed by atoms with E-state index in [1.54, 1.807) is 6.20 Å². The van der Waals surface area contributed by atoms with Gasteiger partial charge in [-0.25, -0.2) is 9.78 Å². The standard InChI is InChI=1S/C21H24N4O3S/c1-14-7-5-6-10-21(14)18(27)25(20(28)24-21)13-17(26)23-19-22-12-16(29-19)11-15-8-3-2-4-9-15/h2-4,8-9,12,14H,5-7,10-11,13H2,1H3,(H,24,28)(H,22,23,26)/t14-,21-/m1/s1. The second-order valence-electron chi connectivity index (χ2n) is 7.78. The number of hydrogen-bond donors (Lipinski definition) is 2. The van der Waals surface area contributed by atoms with Crippen molar-refractivity contribution in [3.63, 3.8) is 0 Å². The van der Waals surface area contributed by atoms with Crippen molar-refractivity contribution < 1.29 is 14.4 Å². The van der Waals surface area contributed by atoms with E-state index in [4.69, 9.17) is 0 Å². The van der Waals surface area contributed by atoms with Crippen molar-refractivity contribution in [2.75, 3.05) is 11.9 Å². The second-order valence-corrected chi connectivity index (χ2v) is 8.90. The molecule has 1 aliphatic carbocycles. The quantitative estimate of drug-likeness (QED) is 0.738. The van der Waals surface area contributed by atoms with Gasteiger partial charge >= 0.3 is 6.03 Å². The van der Waals surface area contributed by atoms with Crippen molar-refractivity contribution in [3.8, 4) is 0 Å². The summed E-state index contributed by atoms with van der Waals surface area (Å²) in [5.74, 6) is -0.636. The predicted octanol–water partition coefficient (Wildman–Crippen LogP) is 3.17. The van der Waals surface area contributed by atoms with Crippen molar-refractivity contribution >= 4 is 34.3 Å². The van der Waals surface area contributed by atoms with E-state index < -0.39 is 17.5 Å². The van der Waals surface area contributed by atoms with E-state index in [0.717, 1.165) is 35.5 Å². The van der Waals surface area contributed by atoms with E-state index in [-0.39, 0.29) is 18.4 Å². The first kappa shape index (κ1) is 19.6. The molecule has 2 aliphatic rings. The summed E-state index contributed by atoms with van der Waals surface area (Å²) in [5, 5.41) is 6.04. The van der Waals surface area contributed by atoms with Crippen LogP contribution in [-0.4, -0.2) is 39.8 Å². The summed E-state index contributed by atoms with van der Waals surface area (Å²) in [6.45, 7) is 1.69. The Kier molecular flexibility index (Phi) is 5.36. The molecule has 2 N–H and O–H groups in total. The SMILES string of the molecule is C[C@@H]1CCCC[C@@]12NC(=O)N(CC(=O)Nc1ncc(Cc3ccccc3)s1)C2=O. The van der Waals surface area contributed by atoms with Crippen LogP contribution in [0.4, 0.5) is 9.93 Å². The number of rotatable bonds is 5.